The maximum atomic E-state index is 6.11. The molecule has 124 valence electrons. The van der Waals surface area contributed by atoms with Crippen LogP contribution in [0.3, 0.4) is 0 Å². The quantitative estimate of drug-likeness (QED) is 0.831. The van der Waals surface area contributed by atoms with Crippen LogP contribution in [0.25, 0.3) is 0 Å². The molecule has 0 radical (unpaired) electrons. The number of piperazine rings is 1. The van der Waals surface area contributed by atoms with Crippen molar-refractivity contribution in [3.8, 4) is 0 Å². The van der Waals surface area contributed by atoms with Crippen LogP contribution in [0, 0.1) is 5.92 Å². The highest BCUT2D eigenvalue weighted by molar-refractivity contribution is 6.30. The van der Waals surface area contributed by atoms with Gasteiger partial charge in [-0.3, -0.25) is 0 Å². The maximum absolute atomic E-state index is 6.11. The van der Waals surface area contributed by atoms with Gasteiger partial charge in [-0.2, -0.15) is 0 Å². The summed E-state index contributed by atoms with van der Waals surface area (Å²) in [4.78, 5) is 4.19. The highest BCUT2D eigenvalue weighted by atomic mass is 35.5. The van der Waals surface area contributed by atoms with Gasteiger partial charge < -0.3 is 9.80 Å². The average Bonchev–Trinajstić information content (AvgIpc) is 2.56. The molecular formula is C20H28ClN2+. The van der Waals surface area contributed by atoms with E-state index in [4.69, 9.17) is 11.6 Å². The predicted octanol–water partition coefficient (Wildman–Crippen LogP) is 3.35. The van der Waals surface area contributed by atoms with Gasteiger partial charge in [0.1, 0.15) is 0 Å². The number of anilines is 1. The first-order valence-electron chi connectivity index (χ1n) is 8.79. The van der Waals surface area contributed by atoms with Gasteiger partial charge in [0.2, 0.25) is 0 Å². The maximum Gasteiger partial charge on any atom is 0.0988 e. The summed E-state index contributed by atoms with van der Waals surface area (Å²) < 4.78 is 0. The number of benzene rings is 1. The van der Waals surface area contributed by atoms with E-state index >= 15 is 0 Å². The Bertz CT molecular complexity index is 585. The smallest absolute Gasteiger partial charge is 0.0988 e. The number of hydrogen-bond acceptors (Lipinski definition) is 1. The van der Waals surface area contributed by atoms with E-state index in [9.17, 15) is 0 Å². The van der Waals surface area contributed by atoms with Crippen molar-refractivity contribution < 1.29 is 4.90 Å². The molecule has 1 fully saturated rings. The molecule has 0 aromatic heterocycles. The van der Waals surface area contributed by atoms with Gasteiger partial charge in [0.25, 0.3) is 0 Å². The van der Waals surface area contributed by atoms with Crippen LogP contribution in [0.5, 0.6) is 0 Å². The van der Waals surface area contributed by atoms with Gasteiger partial charge in [-0.15, -0.1) is 0 Å². The lowest BCUT2D eigenvalue weighted by Crippen LogP contribution is -3.15. The standard InChI is InChI=1S/C20H27ClN2/c1-16(2)18-8-6-17(7-9-18)15-22-10-12-23(13-11-22)20-5-3-4-19(21)14-20/h3-6,14,18H,1,7-13,15H2,2H3/p+1/t18-/m1/s1. The molecule has 1 N–H and O–H groups in total. The summed E-state index contributed by atoms with van der Waals surface area (Å²) in [6.07, 6.45) is 6.24. The van der Waals surface area contributed by atoms with Crippen molar-refractivity contribution in [3.05, 3.63) is 53.1 Å². The second-order valence-corrected chi connectivity index (χ2v) is 7.51. The SMILES string of the molecule is C=C(C)[C@@H]1CC=C(C[NH+]2CCN(c3cccc(Cl)c3)CC2)CC1. The first kappa shape index (κ1) is 16.6. The number of quaternary nitrogens is 1. The van der Waals surface area contributed by atoms with E-state index in [0.29, 0.717) is 5.92 Å². The Kier molecular flexibility index (Phi) is 5.45. The van der Waals surface area contributed by atoms with Crippen LogP contribution in [0.2, 0.25) is 5.02 Å². The summed E-state index contributed by atoms with van der Waals surface area (Å²) in [5, 5.41) is 0.830. The first-order valence-corrected chi connectivity index (χ1v) is 9.17. The van der Waals surface area contributed by atoms with E-state index in [1.54, 1.807) is 10.5 Å². The molecular weight excluding hydrogens is 304 g/mol. The van der Waals surface area contributed by atoms with Crippen LogP contribution in [-0.4, -0.2) is 32.7 Å². The molecule has 2 aliphatic rings. The van der Waals surface area contributed by atoms with Gasteiger partial charge in [-0.1, -0.05) is 35.9 Å². The number of hydrogen-bond donors (Lipinski definition) is 1. The molecule has 3 heteroatoms. The molecule has 1 atom stereocenters. The Labute approximate surface area is 145 Å². The Balaban J connectivity index is 1.49. The molecule has 0 saturated carbocycles. The summed E-state index contributed by atoms with van der Waals surface area (Å²) in [5.41, 5.74) is 4.27. The highest BCUT2D eigenvalue weighted by Gasteiger charge is 2.23. The highest BCUT2D eigenvalue weighted by Crippen LogP contribution is 2.27. The normalized spacial score (nSPS) is 22.8. The molecule has 0 unspecified atom stereocenters. The van der Waals surface area contributed by atoms with Crippen LogP contribution in [0.4, 0.5) is 5.69 Å². The molecule has 23 heavy (non-hydrogen) atoms. The van der Waals surface area contributed by atoms with E-state index in [0.717, 1.165) is 18.1 Å². The van der Waals surface area contributed by atoms with Gasteiger partial charge in [-0.05, 0) is 55.9 Å². The number of nitrogens with one attached hydrogen (secondary N) is 1. The summed E-state index contributed by atoms with van der Waals surface area (Å²) >= 11 is 6.11. The molecule has 1 aliphatic carbocycles. The van der Waals surface area contributed by atoms with Crippen LogP contribution in [0.1, 0.15) is 26.2 Å². The van der Waals surface area contributed by atoms with Crippen LogP contribution in [-0.2, 0) is 0 Å². The minimum atomic E-state index is 0.716. The Morgan fingerprint density at radius 1 is 1.35 bits per heavy atom. The fraction of sp³-hybridized carbons (Fsp3) is 0.500. The Morgan fingerprint density at radius 2 is 2.13 bits per heavy atom. The number of allylic oxidation sites excluding steroid dienone is 2. The lowest BCUT2D eigenvalue weighted by molar-refractivity contribution is -0.895. The van der Waals surface area contributed by atoms with Crippen LogP contribution in [0.15, 0.2) is 48.1 Å². The molecule has 1 heterocycles. The molecule has 2 nitrogen and oxygen atoms in total. The molecule has 0 amide bonds. The second-order valence-electron chi connectivity index (χ2n) is 7.07. The van der Waals surface area contributed by atoms with Crippen molar-refractivity contribution in [2.75, 3.05) is 37.6 Å². The van der Waals surface area contributed by atoms with Crippen molar-refractivity contribution in [1.29, 1.82) is 0 Å². The predicted molar refractivity (Wildman–Crippen MR) is 99.5 cm³/mol. The zero-order valence-corrected chi connectivity index (χ0v) is 14.9. The summed E-state index contributed by atoms with van der Waals surface area (Å²) in [7, 11) is 0. The largest absolute Gasteiger partial charge is 0.360 e. The van der Waals surface area contributed by atoms with E-state index in [1.807, 2.05) is 12.1 Å². The molecule has 3 rings (SSSR count). The lowest BCUT2D eigenvalue weighted by Gasteiger charge is -2.34. The van der Waals surface area contributed by atoms with Crippen molar-refractivity contribution in [1.82, 2.24) is 0 Å². The van der Waals surface area contributed by atoms with Gasteiger partial charge in [0.15, 0.2) is 0 Å². The zero-order valence-electron chi connectivity index (χ0n) is 14.2. The summed E-state index contributed by atoms with van der Waals surface area (Å²) in [6.45, 7) is 12.2. The third kappa shape index (κ3) is 4.39. The second kappa shape index (κ2) is 7.55. The van der Waals surface area contributed by atoms with E-state index in [1.165, 1.54) is 50.2 Å². The van der Waals surface area contributed by atoms with Crippen molar-refractivity contribution in [2.45, 2.75) is 26.2 Å². The van der Waals surface area contributed by atoms with Crippen molar-refractivity contribution in [2.24, 2.45) is 5.92 Å². The molecule has 0 spiro atoms. The van der Waals surface area contributed by atoms with Crippen LogP contribution >= 0.6 is 11.6 Å². The number of rotatable bonds is 4. The molecule has 1 aliphatic heterocycles. The van der Waals surface area contributed by atoms with Crippen molar-refractivity contribution >= 4 is 17.3 Å². The van der Waals surface area contributed by atoms with Gasteiger partial charge in [-0.25, -0.2) is 0 Å². The molecule has 1 aromatic rings. The van der Waals surface area contributed by atoms with E-state index in [-0.39, 0.29) is 0 Å². The zero-order chi connectivity index (χ0) is 16.2. The number of nitrogens with zero attached hydrogens (tertiary/aromatic N) is 1. The molecule has 1 aromatic carbocycles. The lowest BCUT2D eigenvalue weighted by atomic mass is 9.85. The Hall–Kier alpha value is -1.25. The summed E-state index contributed by atoms with van der Waals surface area (Å²) in [6, 6.07) is 8.23. The average molecular weight is 332 g/mol. The monoisotopic (exact) mass is 331 g/mol. The fourth-order valence-corrected chi connectivity index (χ4v) is 3.93. The Morgan fingerprint density at radius 3 is 2.74 bits per heavy atom. The van der Waals surface area contributed by atoms with Gasteiger partial charge in [0.05, 0.1) is 32.7 Å². The van der Waals surface area contributed by atoms with Crippen molar-refractivity contribution in [3.63, 3.8) is 0 Å². The van der Waals surface area contributed by atoms with Crippen LogP contribution < -0.4 is 9.80 Å². The fourth-order valence-electron chi connectivity index (χ4n) is 3.75. The van der Waals surface area contributed by atoms with Gasteiger partial charge >= 0.3 is 0 Å². The first-order chi connectivity index (χ1) is 11.1. The van der Waals surface area contributed by atoms with Gasteiger partial charge in [0, 0.05) is 10.7 Å². The van der Waals surface area contributed by atoms with E-state index in [2.05, 4.69) is 36.6 Å². The molecule has 0 bridgehead atoms. The molecule has 1 saturated heterocycles. The van der Waals surface area contributed by atoms with E-state index < -0.39 is 0 Å². The number of halogens is 1. The third-order valence-corrected chi connectivity index (χ3v) is 5.56. The minimum Gasteiger partial charge on any atom is -0.360 e. The summed E-state index contributed by atoms with van der Waals surface area (Å²) in [5.74, 6) is 0.716. The minimum absolute atomic E-state index is 0.716. The third-order valence-electron chi connectivity index (χ3n) is 5.32. The topological polar surface area (TPSA) is 7.68 Å².